The Bertz CT molecular complexity index is 285. The summed E-state index contributed by atoms with van der Waals surface area (Å²) >= 11 is 0. The van der Waals surface area contributed by atoms with Crippen molar-refractivity contribution in [1.29, 1.82) is 0 Å². The van der Waals surface area contributed by atoms with Crippen molar-refractivity contribution in [2.75, 3.05) is 13.2 Å². The number of unbranched alkanes of at least 4 members (excludes halogenated alkanes) is 6. The zero-order chi connectivity index (χ0) is 15.6. The van der Waals surface area contributed by atoms with Crippen LogP contribution in [-0.4, -0.2) is 24.2 Å². The number of carbonyl (C=O) groups excluding carboxylic acids is 1. The minimum absolute atomic E-state index is 0.0215. The van der Waals surface area contributed by atoms with Gasteiger partial charge in [0.25, 0.3) is 0 Å². The lowest BCUT2D eigenvalue weighted by Crippen LogP contribution is -2.25. The predicted octanol–water partition coefficient (Wildman–Crippen LogP) is 4.13. The number of nitrogens with one attached hydrogen (secondary N) is 1. The van der Waals surface area contributed by atoms with Crippen molar-refractivity contribution in [2.45, 2.75) is 71.1 Å². The zero-order valence-corrected chi connectivity index (χ0v) is 13.7. The number of amides is 1. The van der Waals surface area contributed by atoms with Crippen LogP contribution in [0.25, 0.3) is 0 Å². The Balaban J connectivity index is 3.22. The molecule has 0 fully saturated rings. The van der Waals surface area contributed by atoms with E-state index in [1.165, 1.54) is 38.5 Å². The van der Waals surface area contributed by atoms with Gasteiger partial charge in [-0.25, -0.2) is 0 Å². The summed E-state index contributed by atoms with van der Waals surface area (Å²) in [6.45, 7) is 2.59. The van der Waals surface area contributed by atoms with E-state index in [4.69, 9.17) is 5.11 Å². The smallest absolute Gasteiger partial charge is 0.220 e. The van der Waals surface area contributed by atoms with E-state index in [9.17, 15) is 4.79 Å². The molecule has 0 aromatic carbocycles. The normalized spacial score (nSPS) is 11.5. The molecule has 0 rings (SSSR count). The van der Waals surface area contributed by atoms with Gasteiger partial charge in [0, 0.05) is 13.0 Å². The van der Waals surface area contributed by atoms with Crippen molar-refractivity contribution >= 4 is 5.91 Å². The third kappa shape index (κ3) is 16.9. The van der Waals surface area contributed by atoms with Crippen LogP contribution in [0.2, 0.25) is 0 Å². The van der Waals surface area contributed by atoms with Gasteiger partial charge in [-0.1, -0.05) is 56.9 Å². The first-order valence-corrected chi connectivity index (χ1v) is 8.48. The first kappa shape index (κ1) is 19.9. The van der Waals surface area contributed by atoms with E-state index in [2.05, 4.69) is 36.5 Å². The van der Waals surface area contributed by atoms with Gasteiger partial charge < -0.3 is 10.4 Å². The Morgan fingerprint density at radius 3 is 2.33 bits per heavy atom. The molecule has 2 N–H and O–H groups in total. The third-order valence-corrected chi connectivity index (χ3v) is 3.27. The van der Waals surface area contributed by atoms with Crippen molar-refractivity contribution in [1.82, 2.24) is 5.32 Å². The van der Waals surface area contributed by atoms with Gasteiger partial charge in [-0.3, -0.25) is 4.79 Å². The van der Waals surface area contributed by atoms with Crippen molar-refractivity contribution < 1.29 is 9.90 Å². The Hall–Kier alpha value is -1.09. The van der Waals surface area contributed by atoms with Crippen LogP contribution in [0.1, 0.15) is 71.1 Å². The summed E-state index contributed by atoms with van der Waals surface area (Å²) < 4.78 is 0. The van der Waals surface area contributed by atoms with Gasteiger partial charge in [0.05, 0.1) is 6.61 Å². The molecule has 0 saturated heterocycles. The van der Waals surface area contributed by atoms with E-state index >= 15 is 0 Å². The number of hydrogen-bond acceptors (Lipinski definition) is 2. The van der Waals surface area contributed by atoms with E-state index in [1.807, 2.05) is 0 Å². The van der Waals surface area contributed by atoms with Gasteiger partial charge in [-0.15, -0.1) is 0 Å². The second kappa shape index (κ2) is 17.0. The molecule has 3 heteroatoms. The molecule has 0 atom stereocenters. The Labute approximate surface area is 130 Å². The summed E-state index contributed by atoms with van der Waals surface area (Å²) in [5.41, 5.74) is 0. The van der Waals surface area contributed by atoms with E-state index in [-0.39, 0.29) is 12.5 Å². The van der Waals surface area contributed by atoms with Crippen molar-refractivity contribution in [2.24, 2.45) is 0 Å². The van der Waals surface area contributed by atoms with Gasteiger partial charge in [-0.05, 0) is 32.1 Å². The van der Waals surface area contributed by atoms with Crippen LogP contribution in [-0.2, 0) is 4.79 Å². The molecular weight excluding hydrogens is 262 g/mol. The molecule has 21 heavy (non-hydrogen) atoms. The maximum atomic E-state index is 11.3. The Kier molecular flexibility index (Phi) is 16.1. The average Bonchev–Trinajstić information content (AvgIpc) is 2.49. The fraction of sp³-hybridized carbons (Fsp3) is 0.722. The molecule has 0 aromatic rings. The molecule has 122 valence electrons. The Morgan fingerprint density at radius 2 is 1.62 bits per heavy atom. The van der Waals surface area contributed by atoms with Crippen LogP contribution < -0.4 is 5.32 Å². The lowest BCUT2D eigenvalue weighted by Gasteiger charge is -2.03. The zero-order valence-electron chi connectivity index (χ0n) is 13.7. The van der Waals surface area contributed by atoms with Crippen molar-refractivity contribution in [3.05, 3.63) is 24.3 Å². The SMILES string of the molecule is CCC/C=C\C/C=C\CCCCCCCC(=O)NCCO. The highest BCUT2D eigenvalue weighted by Gasteiger charge is 1.99. The molecule has 0 radical (unpaired) electrons. The second-order valence-corrected chi connectivity index (χ2v) is 5.35. The molecule has 0 aliphatic carbocycles. The van der Waals surface area contributed by atoms with E-state index in [0.717, 1.165) is 19.3 Å². The molecule has 0 unspecified atom stereocenters. The first-order chi connectivity index (χ1) is 10.3. The van der Waals surface area contributed by atoms with E-state index in [1.54, 1.807) is 0 Å². The maximum absolute atomic E-state index is 11.3. The van der Waals surface area contributed by atoms with Crippen LogP contribution in [0.4, 0.5) is 0 Å². The first-order valence-electron chi connectivity index (χ1n) is 8.48. The van der Waals surface area contributed by atoms with Gasteiger partial charge in [0.2, 0.25) is 5.91 Å². The van der Waals surface area contributed by atoms with Crippen molar-refractivity contribution in [3.8, 4) is 0 Å². The van der Waals surface area contributed by atoms with Crippen LogP contribution in [0.3, 0.4) is 0 Å². The molecule has 3 nitrogen and oxygen atoms in total. The standard InChI is InChI=1S/C18H33NO2/c1-2-3-4-5-6-7-8-9-10-11-12-13-14-15-18(21)19-16-17-20/h4-5,7-8,20H,2-3,6,9-17H2,1H3,(H,19,21)/b5-4-,8-7-. The van der Waals surface area contributed by atoms with E-state index < -0.39 is 0 Å². The summed E-state index contributed by atoms with van der Waals surface area (Å²) in [7, 11) is 0. The monoisotopic (exact) mass is 295 g/mol. The van der Waals surface area contributed by atoms with E-state index in [0.29, 0.717) is 13.0 Å². The number of allylic oxidation sites excluding steroid dienone is 4. The fourth-order valence-electron chi connectivity index (χ4n) is 2.04. The van der Waals surface area contributed by atoms with Crippen LogP contribution in [0.5, 0.6) is 0 Å². The summed E-state index contributed by atoms with van der Waals surface area (Å²) in [5, 5.41) is 11.2. The molecule has 0 aliphatic heterocycles. The number of hydrogen-bond donors (Lipinski definition) is 2. The molecule has 0 aliphatic rings. The van der Waals surface area contributed by atoms with Gasteiger partial charge in [0.1, 0.15) is 0 Å². The third-order valence-electron chi connectivity index (χ3n) is 3.27. The molecule has 0 spiro atoms. The predicted molar refractivity (Wildman–Crippen MR) is 90.2 cm³/mol. The highest BCUT2D eigenvalue weighted by molar-refractivity contribution is 5.75. The fourth-order valence-corrected chi connectivity index (χ4v) is 2.04. The summed E-state index contributed by atoms with van der Waals surface area (Å²) in [6.07, 6.45) is 20.0. The van der Waals surface area contributed by atoms with Crippen LogP contribution in [0.15, 0.2) is 24.3 Å². The molecular formula is C18H33NO2. The quantitative estimate of drug-likeness (QED) is 0.374. The summed E-state index contributed by atoms with van der Waals surface area (Å²) in [5.74, 6) is 0.0584. The maximum Gasteiger partial charge on any atom is 0.220 e. The van der Waals surface area contributed by atoms with Crippen LogP contribution >= 0.6 is 0 Å². The van der Waals surface area contributed by atoms with Crippen molar-refractivity contribution in [3.63, 3.8) is 0 Å². The molecule has 1 amide bonds. The number of rotatable bonds is 14. The highest BCUT2D eigenvalue weighted by atomic mass is 16.3. The summed E-state index contributed by atoms with van der Waals surface area (Å²) in [4.78, 5) is 11.3. The Morgan fingerprint density at radius 1 is 0.952 bits per heavy atom. The second-order valence-electron chi connectivity index (χ2n) is 5.35. The number of carbonyl (C=O) groups is 1. The average molecular weight is 295 g/mol. The minimum atomic E-state index is 0.0215. The lowest BCUT2D eigenvalue weighted by molar-refractivity contribution is -0.121. The molecule has 0 aromatic heterocycles. The minimum Gasteiger partial charge on any atom is -0.395 e. The number of aliphatic hydroxyl groups excluding tert-OH is 1. The van der Waals surface area contributed by atoms with Crippen LogP contribution in [0, 0.1) is 0 Å². The van der Waals surface area contributed by atoms with Gasteiger partial charge >= 0.3 is 0 Å². The number of aliphatic hydroxyl groups is 1. The van der Waals surface area contributed by atoms with Gasteiger partial charge in [0.15, 0.2) is 0 Å². The molecule has 0 heterocycles. The largest absolute Gasteiger partial charge is 0.395 e. The van der Waals surface area contributed by atoms with Gasteiger partial charge in [-0.2, -0.15) is 0 Å². The highest BCUT2D eigenvalue weighted by Crippen LogP contribution is 2.07. The topological polar surface area (TPSA) is 49.3 Å². The molecule has 0 bridgehead atoms. The summed E-state index contributed by atoms with van der Waals surface area (Å²) in [6, 6.07) is 0. The lowest BCUT2D eigenvalue weighted by atomic mass is 10.1. The molecule has 0 saturated carbocycles.